The lowest BCUT2D eigenvalue weighted by atomic mass is 9.89. The number of aliphatic hydroxyl groups is 1. The van der Waals surface area contributed by atoms with Gasteiger partial charge in [0.05, 0.1) is 10.0 Å². The molecule has 0 saturated heterocycles. The number of aliphatic hydroxyl groups excluding tert-OH is 1. The fourth-order valence-corrected chi connectivity index (χ4v) is 10.7. The number of fused-ring (bicyclic) bond motifs is 14. The largest absolute Gasteiger partial charge is 0.508 e. The third-order valence-electron chi connectivity index (χ3n) is 14.4. The first-order valence-corrected chi connectivity index (χ1v) is 26.3. The van der Waals surface area contributed by atoms with Gasteiger partial charge >= 0.3 is 5.97 Å². The van der Waals surface area contributed by atoms with Gasteiger partial charge in [0.1, 0.15) is 82.6 Å². The van der Waals surface area contributed by atoms with Crippen molar-refractivity contribution in [3.8, 4) is 80.1 Å². The minimum absolute atomic E-state index is 0.119. The molecule has 16 N–H and O–H groups in total. The zero-order valence-corrected chi connectivity index (χ0v) is 44.8. The minimum Gasteiger partial charge on any atom is -0.508 e. The summed E-state index contributed by atoms with van der Waals surface area (Å²) in [5, 5.41) is 105. The van der Waals surface area contributed by atoms with Crippen molar-refractivity contribution < 1.29 is 88.6 Å². The number of aromatic hydroxyl groups is 6. The van der Waals surface area contributed by atoms with Crippen LogP contribution in [-0.2, 0) is 40.0 Å². The van der Waals surface area contributed by atoms with E-state index in [4.69, 9.17) is 43.1 Å². The van der Waals surface area contributed by atoms with E-state index in [2.05, 4.69) is 31.9 Å². The van der Waals surface area contributed by atoms with Gasteiger partial charge in [-0.15, -0.1) is 0 Å². The van der Waals surface area contributed by atoms with Gasteiger partial charge in [0.25, 0.3) is 0 Å². The molecule has 17 bridgehead atoms. The number of amides is 6. The van der Waals surface area contributed by atoms with Gasteiger partial charge in [-0.25, -0.2) is 4.79 Å². The van der Waals surface area contributed by atoms with Crippen LogP contribution in [0.25, 0.3) is 11.1 Å². The predicted molar refractivity (Wildman–Crippen MR) is 295 cm³/mol. The number of hydrogen-bond donors (Lipinski definition) is 15. The first kappa shape index (κ1) is 56.4. The van der Waals surface area contributed by atoms with Crippen LogP contribution >= 0.6 is 23.2 Å². The fraction of sp³-hybridized carbons (Fsp3) is 0.155. The van der Waals surface area contributed by atoms with Crippen LogP contribution in [0.4, 0.5) is 0 Å². The van der Waals surface area contributed by atoms with Crippen molar-refractivity contribution in [1.29, 1.82) is 0 Å². The highest BCUT2D eigenvalue weighted by Gasteiger charge is 2.41. The van der Waals surface area contributed by atoms with E-state index >= 15 is 14.4 Å². The summed E-state index contributed by atoms with van der Waals surface area (Å²) in [6.45, 7) is 0. The van der Waals surface area contributed by atoms with E-state index in [0.717, 1.165) is 60.7 Å². The number of carboxylic acids is 1. The summed E-state index contributed by atoms with van der Waals surface area (Å²) in [4.78, 5) is 103. The lowest BCUT2D eigenvalue weighted by molar-refractivity contribution is -0.143. The van der Waals surface area contributed by atoms with Gasteiger partial charge in [0.2, 0.25) is 41.2 Å². The van der Waals surface area contributed by atoms with Gasteiger partial charge in [0.15, 0.2) is 29.0 Å². The second kappa shape index (κ2) is 22.0. The van der Waals surface area contributed by atoms with Gasteiger partial charge in [-0.3, -0.25) is 28.8 Å². The molecule has 85 heavy (non-hydrogen) atoms. The lowest BCUT2D eigenvalue weighted by Gasteiger charge is -2.31. The molecule has 6 aliphatic heterocycles. The van der Waals surface area contributed by atoms with Crippen LogP contribution in [0.5, 0.6) is 69.0 Å². The predicted octanol–water partition coefficient (Wildman–Crippen LogP) is 4.98. The molecule has 0 saturated carbocycles. The van der Waals surface area contributed by atoms with E-state index in [0.29, 0.717) is 5.56 Å². The molecule has 0 spiro atoms. The summed E-state index contributed by atoms with van der Waals surface area (Å²) >= 11 is 13.7. The highest BCUT2D eigenvalue weighted by molar-refractivity contribution is 6.32. The van der Waals surface area contributed by atoms with Crippen molar-refractivity contribution >= 4 is 64.6 Å². The standard InChI is InChI=1S/C58H45Cl2N7O18/c59-32-9-21-1-7-38(32)84-41-16-26-17-42(51(41)74)85-39-8-4-24(14-33(39)60)50(73)49-57(80)66-48(58(81)82)31-19-28(69)20-37(72)43(31)30-13-23(3-5-35(30)70)45(54(77)67-49)64-56(79)47(26)65-55(78)46-25-11-27(68)18-29(12-25)83-40-15-22(2-6-36(40)71)44(61)53(76)62-34(10-21)52(75)63-46/h1-9,11-20,34,44-50,68-74H,10,61H2,(H,62,76)(H,63,75)(H,64,79)(H,65,78)(H,66,80)(H,67,77)(H,81,82)/t34-,44+,45+,46-,47+,48-,49-,50+/m0/s1. The molecule has 0 radical (unpaired) electrons. The highest BCUT2D eigenvalue weighted by Crippen LogP contribution is 2.48. The van der Waals surface area contributed by atoms with E-state index in [1.807, 2.05) is 0 Å². The van der Waals surface area contributed by atoms with E-state index < -0.39 is 152 Å². The maximum absolute atomic E-state index is 15.7. The number of phenolic OH excluding ortho intramolecular Hbond substituents is 6. The van der Waals surface area contributed by atoms with Crippen LogP contribution in [0.15, 0.2) is 115 Å². The second-order valence-electron chi connectivity index (χ2n) is 20.1. The number of carbonyl (C=O) groups excluding carboxylic acids is 6. The number of carbonyl (C=O) groups is 7. The molecule has 25 nitrogen and oxygen atoms in total. The summed E-state index contributed by atoms with van der Waals surface area (Å²) in [6, 6.07) is 8.15. The molecule has 0 unspecified atom stereocenters. The summed E-state index contributed by atoms with van der Waals surface area (Å²) in [5.74, 6) is -14.9. The zero-order valence-electron chi connectivity index (χ0n) is 43.3. The van der Waals surface area contributed by atoms with Crippen LogP contribution in [0.3, 0.4) is 0 Å². The van der Waals surface area contributed by atoms with Crippen molar-refractivity contribution in [3.05, 3.63) is 164 Å². The molecule has 7 aromatic carbocycles. The summed E-state index contributed by atoms with van der Waals surface area (Å²) in [7, 11) is 0. The molecular weight excluding hydrogens is 1150 g/mol. The number of carboxylic acid groups (broad SMARTS) is 1. The number of ether oxygens (including phenoxy) is 3. The van der Waals surface area contributed by atoms with E-state index in [1.165, 1.54) is 54.6 Å². The molecule has 13 rings (SSSR count). The van der Waals surface area contributed by atoms with Crippen molar-refractivity contribution in [2.45, 2.75) is 54.8 Å². The molecule has 27 heteroatoms. The Morgan fingerprint density at radius 2 is 1.07 bits per heavy atom. The Morgan fingerprint density at radius 3 is 1.74 bits per heavy atom. The van der Waals surface area contributed by atoms with Crippen LogP contribution in [0, 0.1) is 0 Å². The van der Waals surface area contributed by atoms with Gasteiger partial charge < -0.3 is 92.7 Å². The summed E-state index contributed by atoms with van der Waals surface area (Å²) in [5.41, 5.74) is 4.41. The maximum Gasteiger partial charge on any atom is 0.330 e. The molecule has 6 aliphatic rings. The topological polar surface area (TPSA) is 407 Å². The first-order chi connectivity index (χ1) is 40.5. The summed E-state index contributed by atoms with van der Waals surface area (Å²) in [6.07, 6.45) is -2.47. The number of rotatable bonds is 1. The third kappa shape index (κ3) is 10.9. The number of nitrogens with one attached hydrogen (secondary N) is 6. The molecule has 0 aromatic heterocycles. The number of hydrogen-bond acceptors (Lipinski definition) is 18. The third-order valence-corrected chi connectivity index (χ3v) is 15.0. The van der Waals surface area contributed by atoms with E-state index in [9.17, 15) is 60.0 Å². The molecule has 7 aromatic rings. The molecular formula is C58H45Cl2N7O18. The number of benzene rings is 7. The highest BCUT2D eigenvalue weighted by atomic mass is 35.5. The van der Waals surface area contributed by atoms with Gasteiger partial charge in [-0.05, 0) is 112 Å². The average Bonchev–Trinajstić information content (AvgIpc) is 3.65. The SMILES string of the molecule is N[C@H]1C(=O)N[C@H]2Cc3ccc(c(Cl)c3)Oc3cc4cc(c3O)Oc3ccc(cc3Cl)[C@@H](O)[C@@H]3NC(=O)[C@H](NC(=O)[C@@H]4NC(=O)[C@@H](NC2=O)c2cc(O)cc(c2)Oc2cc1ccc2O)c1ccc(O)c(c1)-c1c(O)cc(O)cc1[C@@H](C(=O)O)NC3=O. The lowest BCUT2D eigenvalue weighted by Crippen LogP contribution is -2.55. The Bertz CT molecular complexity index is 4030. The number of nitrogens with two attached hydrogens (primary N) is 1. The van der Waals surface area contributed by atoms with Crippen molar-refractivity contribution in [2.75, 3.05) is 0 Å². The summed E-state index contributed by atoms with van der Waals surface area (Å²) < 4.78 is 18.4. The Hall–Kier alpha value is -10.5. The van der Waals surface area contributed by atoms with Crippen LogP contribution in [-0.4, -0.2) is 94.3 Å². The first-order valence-electron chi connectivity index (χ1n) is 25.5. The monoisotopic (exact) mass is 1200 g/mol. The Balaban J connectivity index is 1.14. The van der Waals surface area contributed by atoms with Gasteiger partial charge in [-0.1, -0.05) is 47.5 Å². The van der Waals surface area contributed by atoms with Crippen molar-refractivity contribution in [1.82, 2.24) is 31.9 Å². The van der Waals surface area contributed by atoms with Crippen molar-refractivity contribution in [2.24, 2.45) is 5.73 Å². The quantitative estimate of drug-likeness (QED) is 0.103. The molecule has 0 fully saturated rings. The average molecular weight is 1200 g/mol. The molecule has 434 valence electrons. The molecule has 0 aliphatic carbocycles. The fourth-order valence-electron chi connectivity index (χ4n) is 10.2. The zero-order chi connectivity index (χ0) is 60.4. The van der Waals surface area contributed by atoms with Gasteiger partial charge in [0, 0.05) is 35.2 Å². The second-order valence-corrected chi connectivity index (χ2v) is 20.9. The Morgan fingerprint density at radius 1 is 0.494 bits per heavy atom. The molecule has 6 amide bonds. The van der Waals surface area contributed by atoms with Crippen LogP contribution in [0.1, 0.15) is 75.3 Å². The number of aliphatic carboxylic acids is 1. The smallest absolute Gasteiger partial charge is 0.330 e. The van der Waals surface area contributed by atoms with E-state index in [-0.39, 0.29) is 67.3 Å². The van der Waals surface area contributed by atoms with Gasteiger partial charge in [-0.2, -0.15) is 0 Å². The van der Waals surface area contributed by atoms with Crippen molar-refractivity contribution in [3.63, 3.8) is 0 Å². The molecule has 6 heterocycles. The van der Waals surface area contributed by atoms with E-state index in [1.54, 1.807) is 0 Å². The van der Waals surface area contributed by atoms with Crippen LogP contribution < -0.4 is 51.8 Å². The molecule has 8 atom stereocenters. The minimum atomic E-state index is -2.19. The van der Waals surface area contributed by atoms with Crippen LogP contribution in [0.2, 0.25) is 10.0 Å². The normalized spacial score (nSPS) is 22.0. The number of halogens is 2. The Kier molecular flexibility index (Phi) is 14.6. The maximum atomic E-state index is 15.7. The number of phenols is 6. The Labute approximate surface area is 488 Å².